The number of aliphatic carboxylic acids is 1. The van der Waals surface area contributed by atoms with Crippen LogP contribution in [0.4, 0.5) is 0 Å². The molecule has 1 aromatic rings. The number of nitriles is 1. The van der Waals surface area contributed by atoms with Crippen LogP contribution in [0.1, 0.15) is 16.7 Å². The fraction of sp³-hybridized carbons (Fsp3) is 0.0909. The zero-order valence-corrected chi connectivity index (χ0v) is 7.69. The van der Waals surface area contributed by atoms with Gasteiger partial charge in [-0.05, 0) is 30.2 Å². The number of hydrogen-bond acceptors (Lipinski definition) is 2. The molecule has 0 unspecified atom stereocenters. The van der Waals surface area contributed by atoms with Crippen LogP contribution in [0.2, 0.25) is 0 Å². The van der Waals surface area contributed by atoms with Gasteiger partial charge in [-0.25, -0.2) is 4.79 Å². The molecular weight excluding hydrogens is 178 g/mol. The third kappa shape index (κ3) is 2.46. The van der Waals surface area contributed by atoms with Crippen molar-refractivity contribution in [1.82, 2.24) is 0 Å². The molecule has 0 heterocycles. The largest absolute Gasteiger partial charge is 0.478 e. The number of nitrogens with zero attached hydrogens (tertiary/aromatic N) is 1. The van der Waals surface area contributed by atoms with E-state index in [-0.39, 0.29) is 0 Å². The number of aryl methyl sites for hydroxylation is 1. The maximum atomic E-state index is 10.2. The molecule has 0 aliphatic rings. The van der Waals surface area contributed by atoms with Gasteiger partial charge in [0.05, 0.1) is 11.6 Å². The van der Waals surface area contributed by atoms with Gasteiger partial charge in [0.25, 0.3) is 0 Å². The average molecular weight is 187 g/mol. The molecule has 0 bridgehead atoms. The van der Waals surface area contributed by atoms with E-state index in [0.29, 0.717) is 5.56 Å². The van der Waals surface area contributed by atoms with Gasteiger partial charge >= 0.3 is 5.97 Å². The lowest BCUT2D eigenvalue weighted by Gasteiger charge is -1.97. The zero-order chi connectivity index (χ0) is 10.6. The molecule has 3 heteroatoms. The first-order valence-electron chi connectivity index (χ1n) is 4.05. The summed E-state index contributed by atoms with van der Waals surface area (Å²) in [6, 6.07) is 7.27. The average Bonchev–Trinajstić information content (AvgIpc) is 2.16. The molecule has 1 aromatic carbocycles. The van der Waals surface area contributed by atoms with E-state index in [9.17, 15) is 4.79 Å². The summed E-state index contributed by atoms with van der Waals surface area (Å²) in [5, 5.41) is 17.1. The van der Waals surface area contributed by atoms with Gasteiger partial charge in [-0.2, -0.15) is 5.26 Å². The summed E-state index contributed by atoms with van der Waals surface area (Å²) in [5.74, 6) is -0.996. The van der Waals surface area contributed by atoms with Crippen LogP contribution < -0.4 is 0 Å². The maximum Gasteiger partial charge on any atom is 0.328 e. The first-order chi connectivity index (χ1) is 6.63. The van der Waals surface area contributed by atoms with E-state index in [0.717, 1.165) is 17.2 Å². The molecule has 0 saturated carbocycles. The molecule has 70 valence electrons. The van der Waals surface area contributed by atoms with Crippen molar-refractivity contribution in [3.8, 4) is 6.07 Å². The molecule has 0 aliphatic heterocycles. The minimum Gasteiger partial charge on any atom is -0.478 e. The van der Waals surface area contributed by atoms with Crippen molar-refractivity contribution < 1.29 is 9.90 Å². The summed E-state index contributed by atoms with van der Waals surface area (Å²) in [5.41, 5.74) is 2.17. The highest BCUT2D eigenvalue weighted by atomic mass is 16.4. The van der Waals surface area contributed by atoms with Crippen LogP contribution in [0.25, 0.3) is 6.08 Å². The fourth-order valence-electron chi connectivity index (χ4n) is 1.03. The van der Waals surface area contributed by atoms with E-state index in [4.69, 9.17) is 10.4 Å². The molecule has 0 aromatic heterocycles. The Morgan fingerprint density at radius 3 is 2.86 bits per heavy atom. The monoisotopic (exact) mass is 187 g/mol. The summed E-state index contributed by atoms with van der Waals surface area (Å²) in [7, 11) is 0. The Hall–Kier alpha value is -2.08. The summed E-state index contributed by atoms with van der Waals surface area (Å²) in [6.07, 6.45) is 2.51. The smallest absolute Gasteiger partial charge is 0.328 e. The lowest BCUT2D eigenvalue weighted by molar-refractivity contribution is -0.131. The molecular formula is C11H9NO2. The minimum absolute atomic E-state index is 0.567. The van der Waals surface area contributed by atoms with Gasteiger partial charge in [0.1, 0.15) is 0 Å². The first-order valence-corrected chi connectivity index (χ1v) is 4.05. The number of rotatable bonds is 2. The number of carbonyl (C=O) groups is 1. The zero-order valence-electron chi connectivity index (χ0n) is 7.69. The van der Waals surface area contributed by atoms with E-state index in [1.807, 2.05) is 13.0 Å². The van der Waals surface area contributed by atoms with Crippen molar-refractivity contribution in [1.29, 1.82) is 5.26 Å². The topological polar surface area (TPSA) is 61.1 Å². The molecule has 0 amide bonds. The molecule has 0 spiro atoms. The van der Waals surface area contributed by atoms with Crippen LogP contribution in [-0.2, 0) is 4.79 Å². The van der Waals surface area contributed by atoms with Gasteiger partial charge in [0, 0.05) is 6.08 Å². The second-order valence-electron chi connectivity index (χ2n) is 2.86. The molecule has 0 atom stereocenters. The lowest BCUT2D eigenvalue weighted by atomic mass is 10.1. The van der Waals surface area contributed by atoms with Crippen molar-refractivity contribution in [2.75, 3.05) is 0 Å². The molecule has 3 nitrogen and oxygen atoms in total. The number of carboxylic acid groups (broad SMARTS) is 1. The number of hydrogen-bond donors (Lipinski definition) is 1. The number of benzene rings is 1. The van der Waals surface area contributed by atoms with E-state index >= 15 is 0 Å². The van der Waals surface area contributed by atoms with Gasteiger partial charge in [-0.3, -0.25) is 0 Å². The van der Waals surface area contributed by atoms with Crippen LogP contribution in [0.15, 0.2) is 24.3 Å². The van der Waals surface area contributed by atoms with Gasteiger partial charge < -0.3 is 5.11 Å². The molecule has 14 heavy (non-hydrogen) atoms. The van der Waals surface area contributed by atoms with Gasteiger partial charge in [0.15, 0.2) is 0 Å². The summed E-state index contributed by atoms with van der Waals surface area (Å²) in [4.78, 5) is 10.2. The highest BCUT2D eigenvalue weighted by Gasteiger charge is 1.97. The first kappa shape index (κ1) is 10.0. The Balaban J connectivity index is 3.03. The predicted molar refractivity (Wildman–Crippen MR) is 52.6 cm³/mol. The Morgan fingerprint density at radius 2 is 2.29 bits per heavy atom. The predicted octanol–water partition coefficient (Wildman–Crippen LogP) is 1.96. The van der Waals surface area contributed by atoms with Gasteiger partial charge in [-0.15, -0.1) is 0 Å². The van der Waals surface area contributed by atoms with Crippen molar-refractivity contribution in [2.24, 2.45) is 0 Å². The van der Waals surface area contributed by atoms with Crippen molar-refractivity contribution >= 4 is 12.0 Å². The molecule has 0 radical (unpaired) electrons. The molecule has 0 aliphatic carbocycles. The summed E-state index contributed by atoms with van der Waals surface area (Å²) < 4.78 is 0. The SMILES string of the molecule is Cc1ccc(C=CC(=O)O)cc1C#N. The summed E-state index contributed by atoms with van der Waals surface area (Å²) >= 11 is 0. The Labute approximate surface area is 81.9 Å². The van der Waals surface area contributed by atoms with Crippen LogP contribution >= 0.6 is 0 Å². The third-order valence-corrected chi connectivity index (χ3v) is 1.80. The van der Waals surface area contributed by atoms with Crippen LogP contribution in [0, 0.1) is 18.3 Å². The van der Waals surface area contributed by atoms with E-state index in [1.165, 1.54) is 6.08 Å². The standard InChI is InChI=1S/C11H9NO2/c1-8-2-3-9(4-5-11(13)14)6-10(8)7-12/h2-6H,1H3,(H,13,14). The van der Waals surface area contributed by atoms with Gasteiger partial charge in [0.2, 0.25) is 0 Å². The van der Waals surface area contributed by atoms with Crippen molar-refractivity contribution in [3.63, 3.8) is 0 Å². The molecule has 0 saturated heterocycles. The lowest BCUT2D eigenvalue weighted by Crippen LogP contribution is -1.87. The van der Waals surface area contributed by atoms with E-state index < -0.39 is 5.97 Å². The quantitative estimate of drug-likeness (QED) is 0.720. The van der Waals surface area contributed by atoms with Gasteiger partial charge in [-0.1, -0.05) is 12.1 Å². The normalized spacial score (nSPS) is 10.0. The molecule has 1 rings (SSSR count). The summed E-state index contributed by atoms with van der Waals surface area (Å²) in [6.45, 7) is 1.84. The minimum atomic E-state index is -0.996. The van der Waals surface area contributed by atoms with Crippen LogP contribution in [-0.4, -0.2) is 11.1 Å². The maximum absolute atomic E-state index is 10.2. The van der Waals surface area contributed by atoms with Crippen molar-refractivity contribution in [2.45, 2.75) is 6.92 Å². The Morgan fingerprint density at radius 1 is 1.57 bits per heavy atom. The highest BCUT2D eigenvalue weighted by Crippen LogP contribution is 2.11. The van der Waals surface area contributed by atoms with E-state index in [2.05, 4.69) is 0 Å². The van der Waals surface area contributed by atoms with Crippen LogP contribution in [0.5, 0.6) is 0 Å². The van der Waals surface area contributed by atoms with E-state index in [1.54, 1.807) is 18.2 Å². The Kier molecular flexibility index (Phi) is 3.03. The second kappa shape index (κ2) is 4.24. The fourth-order valence-corrected chi connectivity index (χ4v) is 1.03. The third-order valence-electron chi connectivity index (χ3n) is 1.80. The molecule has 0 fully saturated rings. The Bertz CT molecular complexity index is 427. The highest BCUT2D eigenvalue weighted by molar-refractivity contribution is 5.85. The second-order valence-corrected chi connectivity index (χ2v) is 2.86. The molecule has 1 N–H and O–H groups in total. The number of carboxylic acids is 1. The van der Waals surface area contributed by atoms with Crippen LogP contribution in [0.3, 0.4) is 0 Å². The van der Waals surface area contributed by atoms with Crippen molar-refractivity contribution in [3.05, 3.63) is 41.0 Å².